The number of rotatable bonds is 2. The number of hydrogen-bond donors (Lipinski definition) is 0. The van der Waals surface area contributed by atoms with E-state index in [9.17, 15) is 0 Å². The normalized spacial score (nSPS) is 10.5. The molecule has 16 heavy (non-hydrogen) atoms. The summed E-state index contributed by atoms with van der Waals surface area (Å²) in [5.41, 5.74) is 3.04. The van der Waals surface area contributed by atoms with Crippen LogP contribution in [-0.4, -0.2) is 15.0 Å². The van der Waals surface area contributed by atoms with E-state index in [0.29, 0.717) is 0 Å². The van der Waals surface area contributed by atoms with Gasteiger partial charge in [-0.05, 0) is 11.4 Å². The Balaban J connectivity index is 2.00. The summed E-state index contributed by atoms with van der Waals surface area (Å²) in [7, 11) is 0. The van der Waals surface area contributed by atoms with E-state index in [1.807, 2.05) is 53.4 Å². The third-order valence-electron chi connectivity index (χ3n) is 2.33. The molecule has 1 aromatic carbocycles. The van der Waals surface area contributed by atoms with E-state index in [2.05, 4.69) is 10.3 Å². The molecule has 2 aromatic heterocycles. The highest BCUT2D eigenvalue weighted by Crippen LogP contribution is 2.17. The SMILES string of the molecule is c1ccc(-c2cn(-c3ccsc3)nn2)cc1. The van der Waals surface area contributed by atoms with Crippen LogP contribution >= 0.6 is 11.3 Å². The number of hydrogen-bond acceptors (Lipinski definition) is 3. The molecule has 0 N–H and O–H groups in total. The fourth-order valence-corrected chi connectivity index (χ4v) is 2.14. The first-order valence-corrected chi connectivity index (χ1v) is 5.88. The monoisotopic (exact) mass is 227 g/mol. The van der Waals surface area contributed by atoms with Crippen molar-refractivity contribution in [3.05, 3.63) is 53.4 Å². The molecule has 0 aliphatic heterocycles. The van der Waals surface area contributed by atoms with Gasteiger partial charge in [0, 0.05) is 10.9 Å². The van der Waals surface area contributed by atoms with Crippen LogP contribution in [0, 0.1) is 0 Å². The maximum atomic E-state index is 4.16. The predicted octanol–water partition coefficient (Wildman–Crippen LogP) is 3.00. The molecule has 78 valence electrons. The highest BCUT2D eigenvalue weighted by molar-refractivity contribution is 7.08. The zero-order valence-electron chi connectivity index (χ0n) is 8.45. The molecule has 0 aliphatic rings. The molecule has 3 nitrogen and oxygen atoms in total. The van der Waals surface area contributed by atoms with E-state index < -0.39 is 0 Å². The van der Waals surface area contributed by atoms with Gasteiger partial charge in [0.05, 0.1) is 11.9 Å². The zero-order valence-corrected chi connectivity index (χ0v) is 9.26. The second-order valence-electron chi connectivity index (χ2n) is 3.40. The quantitative estimate of drug-likeness (QED) is 0.673. The van der Waals surface area contributed by atoms with Gasteiger partial charge in [-0.3, -0.25) is 0 Å². The highest BCUT2D eigenvalue weighted by atomic mass is 32.1. The van der Waals surface area contributed by atoms with Gasteiger partial charge in [0.1, 0.15) is 5.69 Å². The number of benzene rings is 1. The van der Waals surface area contributed by atoms with Gasteiger partial charge < -0.3 is 0 Å². The van der Waals surface area contributed by atoms with Crippen LogP contribution in [0.15, 0.2) is 53.4 Å². The van der Waals surface area contributed by atoms with Crippen molar-refractivity contribution in [3.63, 3.8) is 0 Å². The second-order valence-corrected chi connectivity index (χ2v) is 4.18. The number of nitrogens with zero attached hydrogens (tertiary/aromatic N) is 3. The molecule has 0 radical (unpaired) electrons. The van der Waals surface area contributed by atoms with Gasteiger partial charge in [0.2, 0.25) is 0 Å². The van der Waals surface area contributed by atoms with Crippen LogP contribution in [0.2, 0.25) is 0 Å². The summed E-state index contributed by atoms with van der Waals surface area (Å²) in [5.74, 6) is 0. The summed E-state index contributed by atoms with van der Waals surface area (Å²) in [6.45, 7) is 0. The Morgan fingerprint density at radius 3 is 2.69 bits per heavy atom. The average molecular weight is 227 g/mol. The minimum atomic E-state index is 0.895. The zero-order chi connectivity index (χ0) is 10.8. The molecule has 0 unspecified atom stereocenters. The Bertz CT molecular complexity index is 569. The van der Waals surface area contributed by atoms with Gasteiger partial charge in [-0.2, -0.15) is 11.3 Å². The van der Waals surface area contributed by atoms with Crippen molar-refractivity contribution >= 4 is 11.3 Å². The van der Waals surface area contributed by atoms with Crippen LogP contribution in [-0.2, 0) is 0 Å². The summed E-state index contributed by atoms with van der Waals surface area (Å²) in [6, 6.07) is 12.1. The lowest BCUT2D eigenvalue weighted by molar-refractivity contribution is 0.806. The van der Waals surface area contributed by atoms with Crippen LogP contribution in [0.1, 0.15) is 0 Å². The Morgan fingerprint density at radius 1 is 1.06 bits per heavy atom. The minimum Gasteiger partial charge on any atom is -0.219 e. The van der Waals surface area contributed by atoms with Gasteiger partial charge >= 0.3 is 0 Å². The van der Waals surface area contributed by atoms with Crippen molar-refractivity contribution in [2.75, 3.05) is 0 Å². The molecule has 4 heteroatoms. The topological polar surface area (TPSA) is 30.7 Å². The lowest BCUT2D eigenvalue weighted by Crippen LogP contribution is -1.91. The molecule has 0 saturated heterocycles. The van der Waals surface area contributed by atoms with Crippen LogP contribution in [0.5, 0.6) is 0 Å². The Kier molecular flexibility index (Phi) is 2.27. The van der Waals surface area contributed by atoms with Crippen molar-refractivity contribution in [2.24, 2.45) is 0 Å². The van der Waals surface area contributed by atoms with Gasteiger partial charge in [-0.1, -0.05) is 35.5 Å². The molecule has 3 rings (SSSR count). The number of thiophene rings is 1. The molecule has 2 heterocycles. The Hall–Kier alpha value is -1.94. The Morgan fingerprint density at radius 2 is 1.94 bits per heavy atom. The minimum absolute atomic E-state index is 0.895. The van der Waals surface area contributed by atoms with Crippen LogP contribution in [0.25, 0.3) is 16.9 Å². The molecular weight excluding hydrogens is 218 g/mol. The first-order chi connectivity index (χ1) is 7.93. The van der Waals surface area contributed by atoms with Crippen molar-refractivity contribution in [1.82, 2.24) is 15.0 Å². The highest BCUT2D eigenvalue weighted by Gasteiger charge is 2.04. The molecule has 0 aliphatic carbocycles. The summed E-state index contributed by atoms with van der Waals surface area (Å²) in [6.07, 6.45) is 1.94. The molecule has 0 atom stereocenters. The van der Waals surface area contributed by atoms with Crippen molar-refractivity contribution in [2.45, 2.75) is 0 Å². The summed E-state index contributed by atoms with van der Waals surface area (Å²) >= 11 is 1.65. The van der Waals surface area contributed by atoms with E-state index in [0.717, 1.165) is 16.9 Å². The molecule has 3 aromatic rings. The molecular formula is C12H9N3S. The van der Waals surface area contributed by atoms with E-state index in [4.69, 9.17) is 0 Å². The lowest BCUT2D eigenvalue weighted by atomic mass is 10.2. The smallest absolute Gasteiger partial charge is 0.113 e. The maximum absolute atomic E-state index is 4.16. The molecule has 0 spiro atoms. The van der Waals surface area contributed by atoms with E-state index in [-0.39, 0.29) is 0 Å². The van der Waals surface area contributed by atoms with Crippen LogP contribution in [0.4, 0.5) is 0 Å². The molecule has 0 bridgehead atoms. The fraction of sp³-hybridized carbons (Fsp3) is 0. The molecule has 0 saturated carbocycles. The van der Waals surface area contributed by atoms with E-state index in [1.54, 1.807) is 16.0 Å². The molecule has 0 fully saturated rings. The van der Waals surface area contributed by atoms with E-state index >= 15 is 0 Å². The molecule has 0 amide bonds. The van der Waals surface area contributed by atoms with Crippen molar-refractivity contribution < 1.29 is 0 Å². The van der Waals surface area contributed by atoms with Crippen LogP contribution in [0.3, 0.4) is 0 Å². The average Bonchev–Trinajstić information content (AvgIpc) is 3.01. The number of aromatic nitrogens is 3. The van der Waals surface area contributed by atoms with Crippen LogP contribution < -0.4 is 0 Å². The van der Waals surface area contributed by atoms with Gasteiger partial charge in [-0.15, -0.1) is 5.10 Å². The largest absolute Gasteiger partial charge is 0.219 e. The fourth-order valence-electron chi connectivity index (χ4n) is 1.52. The first kappa shape index (κ1) is 9.30. The standard InChI is InChI=1S/C12H9N3S/c1-2-4-10(5-3-1)12-8-15(14-13-12)11-6-7-16-9-11/h1-9H. The predicted molar refractivity (Wildman–Crippen MR) is 64.7 cm³/mol. The lowest BCUT2D eigenvalue weighted by Gasteiger charge is -1.93. The summed E-state index contributed by atoms with van der Waals surface area (Å²) in [4.78, 5) is 0. The van der Waals surface area contributed by atoms with Gasteiger partial charge in [0.15, 0.2) is 0 Å². The summed E-state index contributed by atoms with van der Waals surface area (Å²) < 4.78 is 1.79. The van der Waals surface area contributed by atoms with E-state index in [1.165, 1.54) is 0 Å². The third kappa shape index (κ3) is 1.63. The van der Waals surface area contributed by atoms with Gasteiger partial charge in [0.25, 0.3) is 0 Å². The maximum Gasteiger partial charge on any atom is 0.113 e. The van der Waals surface area contributed by atoms with Crippen molar-refractivity contribution in [1.29, 1.82) is 0 Å². The Labute approximate surface area is 97.0 Å². The van der Waals surface area contributed by atoms with Gasteiger partial charge in [-0.25, -0.2) is 4.68 Å². The second kappa shape index (κ2) is 3.90. The third-order valence-corrected chi connectivity index (χ3v) is 3.00. The van der Waals surface area contributed by atoms with Crippen molar-refractivity contribution in [3.8, 4) is 16.9 Å². The summed E-state index contributed by atoms with van der Waals surface area (Å²) in [5, 5.41) is 12.3. The first-order valence-electron chi connectivity index (χ1n) is 4.94.